The summed E-state index contributed by atoms with van der Waals surface area (Å²) in [5, 5.41) is 7.49. The second kappa shape index (κ2) is 6.37. The summed E-state index contributed by atoms with van der Waals surface area (Å²) in [4.78, 5) is 27.8. The van der Waals surface area contributed by atoms with E-state index in [0.717, 1.165) is 5.52 Å². The van der Waals surface area contributed by atoms with Crippen LogP contribution in [0.5, 0.6) is 0 Å². The second-order valence-corrected chi connectivity index (χ2v) is 6.61. The lowest BCUT2D eigenvalue weighted by atomic mass is 10.4. The third kappa shape index (κ3) is 3.19. The molecular formula is C14H17N7OS. The molecule has 3 aromatic rings. The summed E-state index contributed by atoms with van der Waals surface area (Å²) < 4.78 is 1.77. The lowest BCUT2D eigenvalue weighted by Crippen LogP contribution is -2.24. The molecule has 9 heteroatoms. The highest BCUT2D eigenvalue weighted by Crippen LogP contribution is 2.26. The molecule has 0 saturated heterocycles. The summed E-state index contributed by atoms with van der Waals surface area (Å²) in [6.07, 6.45) is 4.69. The highest BCUT2D eigenvalue weighted by molar-refractivity contribution is 8.00. The van der Waals surface area contributed by atoms with Gasteiger partial charge in [0.1, 0.15) is 22.7 Å². The van der Waals surface area contributed by atoms with Crippen molar-refractivity contribution in [3.05, 3.63) is 24.9 Å². The smallest absolute Gasteiger partial charge is 0.238 e. The van der Waals surface area contributed by atoms with Crippen molar-refractivity contribution in [2.24, 2.45) is 0 Å². The highest BCUT2D eigenvalue weighted by Gasteiger charge is 2.19. The molecule has 1 amide bonds. The van der Waals surface area contributed by atoms with Gasteiger partial charge in [-0.05, 0) is 20.8 Å². The van der Waals surface area contributed by atoms with E-state index in [-0.39, 0.29) is 17.2 Å². The molecule has 0 aliphatic heterocycles. The first kappa shape index (κ1) is 15.5. The number of imidazole rings is 1. The normalized spacial score (nSPS) is 12.7. The number of anilines is 1. The van der Waals surface area contributed by atoms with Gasteiger partial charge in [0.05, 0.1) is 17.8 Å². The molecule has 0 aliphatic carbocycles. The van der Waals surface area contributed by atoms with Gasteiger partial charge in [-0.25, -0.2) is 19.6 Å². The molecule has 1 atom stereocenters. The number of carbonyl (C=O) groups excluding carboxylic acids is 1. The first-order valence-corrected chi connectivity index (χ1v) is 8.09. The van der Waals surface area contributed by atoms with Gasteiger partial charge < -0.3 is 10.3 Å². The number of carbonyl (C=O) groups is 1. The van der Waals surface area contributed by atoms with E-state index >= 15 is 0 Å². The minimum atomic E-state index is -0.327. The molecular weight excluding hydrogens is 314 g/mol. The van der Waals surface area contributed by atoms with Gasteiger partial charge in [-0.1, -0.05) is 11.8 Å². The summed E-state index contributed by atoms with van der Waals surface area (Å²) in [6.45, 7) is 5.85. The molecule has 3 rings (SSSR count). The summed E-state index contributed by atoms with van der Waals surface area (Å²) in [5.41, 5.74) is 1.33. The molecule has 0 aromatic carbocycles. The Hall–Kier alpha value is -2.42. The fourth-order valence-electron chi connectivity index (χ4n) is 2.11. The van der Waals surface area contributed by atoms with Crippen molar-refractivity contribution in [2.45, 2.75) is 37.1 Å². The van der Waals surface area contributed by atoms with Crippen LogP contribution in [-0.2, 0) is 4.79 Å². The average molecular weight is 331 g/mol. The third-order valence-corrected chi connectivity index (χ3v) is 4.36. The van der Waals surface area contributed by atoms with Crippen LogP contribution >= 0.6 is 11.8 Å². The molecule has 0 fully saturated rings. The quantitative estimate of drug-likeness (QED) is 0.549. The topological polar surface area (TPSA) is 101 Å². The molecule has 120 valence electrons. The molecule has 1 unspecified atom stereocenters. The summed E-state index contributed by atoms with van der Waals surface area (Å²) in [6, 6.07) is 1.96. The molecule has 0 radical (unpaired) electrons. The Labute approximate surface area is 137 Å². The van der Waals surface area contributed by atoms with Crippen LogP contribution in [0.4, 0.5) is 5.82 Å². The van der Waals surface area contributed by atoms with Gasteiger partial charge in [-0.3, -0.25) is 4.79 Å². The van der Waals surface area contributed by atoms with E-state index in [1.807, 2.05) is 20.8 Å². The summed E-state index contributed by atoms with van der Waals surface area (Å²) in [7, 11) is 0. The van der Waals surface area contributed by atoms with Crippen LogP contribution in [0.15, 0.2) is 29.9 Å². The van der Waals surface area contributed by atoms with E-state index < -0.39 is 0 Å². The summed E-state index contributed by atoms with van der Waals surface area (Å²) in [5.74, 6) is 0.579. The number of amides is 1. The van der Waals surface area contributed by atoms with E-state index in [1.165, 1.54) is 18.1 Å². The van der Waals surface area contributed by atoms with E-state index in [1.54, 1.807) is 23.3 Å². The zero-order valence-electron chi connectivity index (χ0n) is 13.0. The monoisotopic (exact) mass is 331 g/mol. The van der Waals surface area contributed by atoms with Gasteiger partial charge >= 0.3 is 0 Å². The van der Waals surface area contributed by atoms with Crippen molar-refractivity contribution in [3.63, 3.8) is 0 Å². The van der Waals surface area contributed by atoms with Crippen LogP contribution in [0.2, 0.25) is 0 Å². The first-order valence-electron chi connectivity index (χ1n) is 7.21. The fraction of sp³-hybridized carbons (Fsp3) is 0.357. The van der Waals surface area contributed by atoms with Gasteiger partial charge in [0.25, 0.3) is 0 Å². The number of nitrogens with zero attached hydrogens (tertiary/aromatic N) is 5. The minimum Gasteiger partial charge on any atom is -0.341 e. The van der Waals surface area contributed by atoms with Crippen molar-refractivity contribution in [1.82, 2.24) is 29.7 Å². The van der Waals surface area contributed by atoms with Crippen LogP contribution in [0.1, 0.15) is 26.8 Å². The number of aromatic nitrogens is 6. The molecule has 3 heterocycles. The average Bonchev–Trinajstić information content (AvgIpc) is 3.16. The molecule has 3 aromatic heterocycles. The van der Waals surface area contributed by atoms with Crippen LogP contribution in [0.3, 0.4) is 0 Å². The molecule has 2 N–H and O–H groups in total. The predicted molar refractivity (Wildman–Crippen MR) is 88.2 cm³/mol. The number of hydrogen-bond donors (Lipinski definition) is 2. The second-order valence-electron chi connectivity index (χ2n) is 5.28. The van der Waals surface area contributed by atoms with E-state index in [4.69, 9.17) is 0 Å². The van der Waals surface area contributed by atoms with Gasteiger partial charge in [0.2, 0.25) is 5.91 Å². The Morgan fingerprint density at radius 2 is 2.13 bits per heavy atom. The lowest BCUT2D eigenvalue weighted by Gasteiger charge is -2.14. The number of aromatic amines is 1. The molecule has 0 aliphatic rings. The molecule has 0 saturated carbocycles. The molecule has 23 heavy (non-hydrogen) atoms. The van der Waals surface area contributed by atoms with Crippen LogP contribution in [0.25, 0.3) is 11.2 Å². The fourth-order valence-corrected chi connectivity index (χ4v) is 2.98. The van der Waals surface area contributed by atoms with E-state index in [9.17, 15) is 4.79 Å². The van der Waals surface area contributed by atoms with Crippen LogP contribution in [0, 0.1) is 0 Å². The number of hydrogen-bond acceptors (Lipinski definition) is 6. The third-order valence-electron chi connectivity index (χ3n) is 3.26. The van der Waals surface area contributed by atoms with E-state index in [0.29, 0.717) is 16.5 Å². The molecule has 8 nitrogen and oxygen atoms in total. The molecule has 0 bridgehead atoms. The van der Waals surface area contributed by atoms with Crippen LogP contribution < -0.4 is 5.32 Å². The Morgan fingerprint density at radius 1 is 1.30 bits per heavy atom. The molecule has 0 spiro atoms. The maximum absolute atomic E-state index is 12.4. The lowest BCUT2D eigenvalue weighted by molar-refractivity contribution is -0.115. The zero-order valence-corrected chi connectivity index (χ0v) is 13.8. The van der Waals surface area contributed by atoms with Gasteiger partial charge in [0, 0.05) is 12.1 Å². The van der Waals surface area contributed by atoms with E-state index in [2.05, 4.69) is 30.4 Å². The Balaban J connectivity index is 1.73. The Morgan fingerprint density at radius 3 is 2.91 bits per heavy atom. The maximum Gasteiger partial charge on any atom is 0.238 e. The summed E-state index contributed by atoms with van der Waals surface area (Å²) >= 11 is 1.36. The van der Waals surface area contributed by atoms with Crippen molar-refractivity contribution < 1.29 is 4.79 Å². The van der Waals surface area contributed by atoms with Crippen molar-refractivity contribution in [2.75, 3.05) is 5.32 Å². The number of thioether (sulfide) groups is 1. The number of nitrogens with one attached hydrogen (secondary N) is 2. The predicted octanol–water partition coefficient (Wildman–Crippen LogP) is 2.25. The minimum absolute atomic E-state index is 0.108. The van der Waals surface area contributed by atoms with Crippen molar-refractivity contribution in [1.29, 1.82) is 0 Å². The van der Waals surface area contributed by atoms with Gasteiger partial charge in [-0.2, -0.15) is 5.10 Å². The van der Waals surface area contributed by atoms with Crippen molar-refractivity contribution >= 4 is 34.7 Å². The van der Waals surface area contributed by atoms with Gasteiger partial charge in [0.15, 0.2) is 5.65 Å². The first-order chi connectivity index (χ1) is 11.1. The zero-order chi connectivity index (χ0) is 16.4. The Kier molecular flexibility index (Phi) is 4.28. The largest absolute Gasteiger partial charge is 0.341 e. The number of rotatable bonds is 5. The SMILES string of the molecule is CC(Sc1ncnc2nc[nH]c12)C(=O)Nc1ccnn1C(C)C. The standard InChI is InChI=1S/C14H17N7OS/c1-8(2)21-10(4-5-19-21)20-13(22)9(3)23-14-11-12(16-6-15-11)17-7-18-14/h4-9H,1-3H3,(H,20,22)(H,15,16,17,18). The number of H-pyrrole nitrogens is 1. The maximum atomic E-state index is 12.4. The Bertz CT molecular complexity index is 825. The van der Waals surface area contributed by atoms with Crippen molar-refractivity contribution in [3.8, 4) is 0 Å². The number of fused-ring (bicyclic) bond motifs is 1. The van der Waals surface area contributed by atoms with Gasteiger partial charge in [-0.15, -0.1) is 0 Å². The highest BCUT2D eigenvalue weighted by atomic mass is 32.2. The van der Waals surface area contributed by atoms with Crippen LogP contribution in [-0.4, -0.2) is 40.9 Å².